The van der Waals surface area contributed by atoms with Crippen LogP contribution < -0.4 is 0 Å². The first-order valence-electron chi connectivity index (χ1n) is 8.22. The first-order valence-corrected chi connectivity index (χ1v) is 8.22. The van der Waals surface area contributed by atoms with Gasteiger partial charge in [0.05, 0.1) is 11.4 Å². The summed E-state index contributed by atoms with van der Waals surface area (Å²) in [5, 5.41) is 16.9. The summed E-state index contributed by atoms with van der Waals surface area (Å²) in [5.41, 5.74) is 3.64. The third-order valence-corrected chi connectivity index (χ3v) is 4.21. The lowest BCUT2D eigenvalue weighted by atomic mass is 9.99. The molecule has 2 rings (SSSR count). The number of carboxylic acid groups (broad SMARTS) is 1. The van der Waals surface area contributed by atoms with Gasteiger partial charge in [-0.05, 0) is 48.6 Å². The monoisotopic (exact) mass is 324 g/mol. The van der Waals surface area contributed by atoms with Crippen molar-refractivity contribution in [3.63, 3.8) is 0 Å². The number of nitrogens with zero attached hydrogens (tertiary/aromatic N) is 1. The van der Waals surface area contributed by atoms with Crippen molar-refractivity contribution in [2.24, 2.45) is 0 Å². The molecule has 0 unspecified atom stereocenters. The highest BCUT2D eigenvalue weighted by Crippen LogP contribution is 2.22. The van der Waals surface area contributed by atoms with Crippen LogP contribution in [0.1, 0.15) is 35.7 Å². The van der Waals surface area contributed by atoms with Crippen molar-refractivity contribution in [3.05, 3.63) is 59.7 Å². The van der Waals surface area contributed by atoms with E-state index >= 15 is 0 Å². The van der Waals surface area contributed by atoms with E-state index in [-0.39, 0.29) is 0 Å². The van der Waals surface area contributed by atoms with E-state index in [9.17, 15) is 4.79 Å². The van der Waals surface area contributed by atoms with E-state index in [0.29, 0.717) is 11.4 Å². The summed E-state index contributed by atoms with van der Waals surface area (Å²) in [6.07, 6.45) is 2.66. The first kappa shape index (κ1) is 17.7. The van der Waals surface area contributed by atoms with Crippen molar-refractivity contribution >= 4 is 11.8 Å². The maximum absolute atomic E-state index is 10.9. The van der Waals surface area contributed by atoms with Gasteiger partial charge in [0.15, 0.2) is 0 Å². The van der Waals surface area contributed by atoms with E-state index in [4.69, 9.17) is 10.5 Å². The van der Waals surface area contributed by atoms with Gasteiger partial charge in [-0.3, -0.25) is 5.41 Å². The van der Waals surface area contributed by atoms with Crippen molar-refractivity contribution < 1.29 is 9.90 Å². The molecule has 24 heavy (non-hydrogen) atoms. The second-order valence-corrected chi connectivity index (χ2v) is 5.90. The van der Waals surface area contributed by atoms with Crippen LogP contribution in [0.15, 0.2) is 48.5 Å². The molecule has 0 bridgehead atoms. The Hall–Kier alpha value is -2.62. The molecule has 4 heteroatoms. The minimum absolute atomic E-state index is 0.300. The molecule has 0 aliphatic rings. The molecule has 0 saturated carbocycles. The van der Waals surface area contributed by atoms with Gasteiger partial charge in [0, 0.05) is 20.0 Å². The minimum Gasteiger partial charge on any atom is -0.478 e. The summed E-state index contributed by atoms with van der Waals surface area (Å²) in [7, 11) is 1.95. The predicted molar refractivity (Wildman–Crippen MR) is 97.8 cm³/mol. The van der Waals surface area contributed by atoms with E-state index in [0.717, 1.165) is 36.9 Å². The summed E-state index contributed by atoms with van der Waals surface area (Å²) in [4.78, 5) is 12.9. The number of benzene rings is 2. The van der Waals surface area contributed by atoms with E-state index < -0.39 is 5.97 Å². The lowest BCUT2D eigenvalue weighted by Crippen LogP contribution is -2.25. The van der Waals surface area contributed by atoms with E-state index in [1.807, 2.05) is 43.1 Å². The topological polar surface area (TPSA) is 64.4 Å². The maximum atomic E-state index is 10.9. The van der Waals surface area contributed by atoms with Gasteiger partial charge < -0.3 is 10.0 Å². The number of carboxylic acids is 1. The highest BCUT2D eigenvalue weighted by Gasteiger charge is 2.05. The van der Waals surface area contributed by atoms with Gasteiger partial charge in [0.25, 0.3) is 0 Å². The molecule has 0 spiro atoms. The summed E-state index contributed by atoms with van der Waals surface area (Å²) in [6, 6.07) is 15.2. The zero-order valence-electron chi connectivity index (χ0n) is 14.2. The molecule has 2 aromatic rings. The Labute approximate surface area is 143 Å². The van der Waals surface area contributed by atoms with Crippen LogP contribution in [0, 0.1) is 5.41 Å². The normalized spacial score (nSPS) is 10.4. The molecule has 0 saturated heterocycles. The van der Waals surface area contributed by atoms with Crippen LogP contribution in [0.2, 0.25) is 0 Å². The molecule has 2 N–H and O–H groups in total. The van der Waals surface area contributed by atoms with Crippen LogP contribution in [0.5, 0.6) is 0 Å². The number of nitrogens with one attached hydrogen (secondary N) is 1. The van der Waals surface area contributed by atoms with Crippen LogP contribution in [0.25, 0.3) is 11.1 Å². The molecule has 0 heterocycles. The van der Waals surface area contributed by atoms with Crippen LogP contribution >= 0.6 is 0 Å². The summed E-state index contributed by atoms with van der Waals surface area (Å²) < 4.78 is 0. The number of amidine groups is 1. The Bertz CT molecular complexity index is 708. The first-order chi connectivity index (χ1) is 11.5. The zero-order chi connectivity index (χ0) is 17.5. The van der Waals surface area contributed by atoms with Gasteiger partial charge in [-0.25, -0.2) is 4.79 Å². The second-order valence-electron chi connectivity index (χ2n) is 5.90. The molecule has 0 radical (unpaired) electrons. The quantitative estimate of drug-likeness (QED) is 0.589. The highest BCUT2D eigenvalue weighted by atomic mass is 16.4. The van der Waals surface area contributed by atoms with Crippen molar-refractivity contribution in [1.29, 1.82) is 5.41 Å². The molecule has 0 aromatic heterocycles. The van der Waals surface area contributed by atoms with Gasteiger partial charge in [-0.1, -0.05) is 36.4 Å². The molecular weight excluding hydrogens is 300 g/mol. The van der Waals surface area contributed by atoms with E-state index in [1.54, 1.807) is 12.1 Å². The number of hydrogen-bond acceptors (Lipinski definition) is 2. The molecule has 4 nitrogen and oxygen atoms in total. The van der Waals surface area contributed by atoms with Crippen LogP contribution in [-0.2, 0) is 6.42 Å². The molecule has 0 aliphatic heterocycles. The van der Waals surface area contributed by atoms with Crippen molar-refractivity contribution in [2.75, 3.05) is 13.6 Å². The lowest BCUT2D eigenvalue weighted by Gasteiger charge is -2.17. The average molecular weight is 324 g/mol. The summed E-state index contributed by atoms with van der Waals surface area (Å²) in [6.45, 7) is 2.91. The lowest BCUT2D eigenvalue weighted by molar-refractivity contribution is 0.0697. The Balaban J connectivity index is 2.01. The number of rotatable bonds is 7. The maximum Gasteiger partial charge on any atom is 0.335 e. The zero-order valence-corrected chi connectivity index (χ0v) is 14.2. The standard InChI is InChI=1S/C20H24N2O2/c1-3-22(2)19(21)9-5-7-15-6-4-8-18(14-15)16-10-12-17(13-11-16)20(23)24/h4,6,8,10-14,21H,3,5,7,9H2,1-2H3,(H,23,24). The van der Waals surface area contributed by atoms with Crippen molar-refractivity contribution in [2.45, 2.75) is 26.2 Å². The van der Waals surface area contributed by atoms with Crippen LogP contribution in [0.3, 0.4) is 0 Å². The van der Waals surface area contributed by atoms with Gasteiger partial charge in [-0.15, -0.1) is 0 Å². The van der Waals surface area contributed by atoms with Gasteiger partial charge >= 0.3 is 5.97 Å². The Morgan fingerprint density at radius 3 is 2.46 bits per heavy atom. The number of hydrogen-bond donors (Lipinski definition) is 2. The number of aryl methyl sites for hydroxylation is 1. The highest BCUT2D eigenvalue weighted by molar-refractivity contribution is 5.88. The Morgan fingerprint density at radius 1 is 1.12 bits per heavy atom. The fraction of sp³-hybridized carbons (Fsp3) is 0.300. The summed E-state index contributed by atoms with van der Waals surface area (Å²) in [5.74, 6) is -0.229. The Kier molecular flexibility index (Phi) is 6.13. The molecule has 0 amide bonds. The smallest absolute Gasteiger partial charge is 0.335 e. The second kappa shape index (κ2) is 8.29. The largest absolute Gasteiger partial charge is 0.478 e. The van der Waals surface area contributed by atoms with Gasteiger partial charge in [0.2, 0.25) is 0 Å². The van der Waals surface area contributed by atoms with Crippen LogP contribution in [0.4, 0.5) is 0 Å². The third kappa shape index (κ3) is 4.69. The molecule has 126 valence electrons. The molecule has 0 atom stereocenters. The van der Waals surface area contributed by atoms with Gasteiger partial charge in [0.1, 0.15) is 0 Å². The fourth-order valence-corrected chi connectivity index (χ4v) is 2.55. The number of carbonyl (C=O) groups is 1. The van der Waals surface area contributed by atoms with Crippen molar-refractivity contribution in [1.82, 2.24) is 4.90 Å². The third-order valence-electron chi connectivity index (χ3n) is 4.21. The average Bonchev–Trinajstić information content (AvgIpc) is 2.61. The molecule has 2 aromatic carbocycles. The van der Waals surface area contributed by atoms with Gasteiger partial charge in [-0.2, -0.15) is 0 Å². The predicted octanol–water partition coefficient (Wildman–Crippen LogP) is 4.30. The Morgan fingerprint density at radius 2 is 1.83 bits per heavy atom. The van der Waals surface area contributed by atoms with E-state index in [2.05, 4.69) is 12.1 Å². The van der Waals surface area contributed by atoms with E-state index in [1.165, 1.54) is 5.56 Å². The van der Waals surface area contributed by atoms with Crippen molar-refractivity contribution in [3.8, 4) is 11.1 Å². The molecule has 0 aliphatic carbocycles. The molecule has 0 fully saturated rings. The molecular formula is C20H24N2O2. The number of aromatic carboxylic acids is 1. The fourth-order valence-electron chi connectivity index (χ4n) is 2.55. The SMILES string of the molecule is CCN(C)C(=N)CCCc1cccc(-c2ccc(C(=O)O)cc2)c1. The summed E-state index contributed by atoms with van der Waals surface area (Å²) >= 11 is 0. The minimum atomic E-state index is -0.908. The van der Waals surface area contributed by atoms with Crippen LogP contribution in [-0.4, -0.2) is 35.4 Å².